The average molecular weight is 1060 g/mol. The molecule has 1 saturated carbocycles. The maximum atomic E-state index is 10.7. The predicted molar refractivity (Wildman–Crippen MR) is 233 cm³/mol. The molecule has 5 radical (unpaired) electrons. The summed E-state index contributed by atoms with van der Waals surface area (Å²) in [5.41, 5.74) is -3.63. The number of hydrogen-bond acceptors (Lipinski definition) is 7. The molecule has 0 aromatic heterocycles. The Balaban J connectivity index is 0.000000310. The smallest absolute Gasteiger partial charge is 0.485 e. The first-order valence-electron chi connectivity index (χ1n) is 19.1. The van der Waals surface area contributed by atoms with Crippen molar-refractivity contribution in [3.05, 3.63) is 171 Å². The Morgan fingerprint density at radius 2 is 0.738 bits per heavy atom. The number of rotatable bonds is 7. The van der Waals surface area contributed by atoms with Crippen molar-refractivity contribution in [3.63, 3.8) is 0 Å². The van der Waals surface area contributed by atoms with Crippen LogP contribution in [0.5, 0.6) is 23.0 Å². The molecule has 7 nitrogen and oxygen atoms in total. The minimum Gasteiger partial charge on any atom is -0.741 e. The van der Waals surface area contributed by atoms with Crippen molar-refractivity contribution in [1.82, 2.24) is 0 Å². The maximum absolute atomic E-state index is 10.7. The van der Waals surface area contributed by atoms with E-state index >= 15 is 0 Å². The van der Waals surface area contributed by atoms with Crippen LogP contribution in [-0.2, 0) is 30.2 Å². The number of fused-ring (bicyclic) bond motifs is 2. The molecule has 9 rings (SSSR count). The van der Waals surface area contributed by atoms with Crippen LogP contribution in [0, 0.1) is 25.7 Å². The summed E-state index contributed by atoms with van der Waals surface area (Å²) in [5.74, 6) is 2.99. The molecule has 317 valence electrons. The Labute approximate surface area is 371 Å². The van der Waals surface area contributed by atoms with Gasteiger partial charge in [-0.25, -0.2) is 8.42 Å². The van der Waals surface area contributed by atoms with Crippen LogP contribution in [0.1, 0.15) is 25.7 Å². The van der Waals surface area contributed by atoms with Gasteiger partial charge < -0.3 is 23.5 Å². The second-order valence-electron chi connectivity index (χ2n) is 13.4. The van der Waals surface area contributed by atoms with Crippen molar-refractivity contribution in [2.75, 3.05) is 13.6 Å². The van der Waals surface area contributed by atoms with Gasteiger partial charge in [0.15, 0.2) is 33.1 Å². The van der Waals surface area contributed by atoms with Crippen LogP contribution in [-0.4, -0.2) is 32.1 Å². The van der Waals surface area contributed by atoms with Gasteiger partial charge in [0.1, 0.15) is 0 Å². The SMILES string of the molecule is O=S(=O)([O-])C(F)(F)F.[CH]1[CH]CC[CH][CH]CC1.[Ir].c1ccc(P(c2ccccc2)c2ccc3c(c2-c2c(P(c4ccccc4)c4ccccc4)ccc4c2OCO4)OCO3)cc1. The number of halogens is 3. The normalized spacial score (nSPS) is 14.4. The van der Waals surface area contributed by atoms with Crippen molar-refractivity contribution in [2.45, 2.75) is 31.2 Å². The van der Waals surface area contributed by atoms with E-state index in [2.05, 4.69) is 171 Å². The Bertz CT molecular complexity index is 2190. The Morgan fingerprint density at radius 1 is 0.459 bits per heavy atom. The number of benzene rings is 6. The minimum atomic E-state index is -6.09. The van der Waals surface area contributed by atoms with Crippen LogP contribution in [0.15, 0.2) is 146 Å². The first-order chi connectivity index (χ1) is 29.1. The largest absolute Gasteiger partial charge is 0.741 e. The molecule has 1 aliphatic carbocycles. The molecular formula is C47H40F3IrO7P2S-. The predicted octanol–water partition coefficient (Wildman–Crippen LogP) is 8.75. The zero-order chi connectivity index (χ0) is 42.0. The van der Waals surface area contributed by atoms with Crippen LogP contribution in [0.4, 0.5) is 13.2 Å². The Hall–Kier alpha value is -4.27. The van der Waals surface area contributed by atoms with Gasteiger partial charge in [0.2, 0.25) is 13.6 Å². The van der Waals surface area contributed by atoms with Gasteiger partial charge in [-0.1, -0.05) is 121 Å². The third-order valence-electron chi connectivity index (χ3n) is 9.44. The van der Waals surface area contributed by atoms with Gasteiger partial charge >= 0.3 is 5.51 Å². The summed E-state index contributed by atoms with van der Waals surface area (Å²) in [6, 6.07) is 51.6. The molecule has 2 heterocycles. The molecule has 3 aliphatic rings. The van der Waals surface area contributed by atoms with E-state index in [4.69, 9.17) is 31.9 Å². The summed E-state index contributed by atoms with van der Waals surface area (Å²) < 4.78 is 83.6. The molecule has 0 saturated heterocycles. The van der Waals surface area contributed by atoms with E-state index in [1.54, 1.807) is 0 Å². The fourth-order valence-electron chi connectivity index (χ4n) is 6.80. The van der Waals surface area contributed by atoms with Gasteiger partial charge in [-0.2, -0.15) is 13.2 Å². The summed E-state index contributed by atoms with van der Waals surface area (Å²) in [4.78, 5) is 0. The molecule has 0 spiro atoms. The van der Waals surface area contributed by atoms with E-state index < -0.39 is 31.5 Å². The third-order valence-corrected chi connectivity index (χ3v) is 15.0. The second kappa shape index (κ2) is 21.7. The van der Waals surface area contributed by atoms with Crippen LogP contribution in [0.25, 0.3) is 11.1 Å². The number of alkyl halides is 3. The number of hydrogen-bond donors (Lipinski definition) is 0. The van der Waals surface area contributed by atoms with Crippen LogP contribution < -0.4 is 50.8 Å². The first-order valence-corrected chi connectivity index (χ1v) is 23.2. The quantitative estimate of drug-likeness (QED) is 0.0898. The van der Waals surface area contributed by atoms with Crippen molar-refractivity contribution >= 4 is 57.8 Å². The molecule has 0 amide bonds. The van der Waals surface area contributed by atoms with Gasteiger partial charge in [-0.05, 0) is 123 Å². The van der Waals surface area contributed by atoms with Crippen molar-refractivity contribution in [3.8, 4) is 34.1 Å². The van der Waals surface area contributed by atoms with Gasteiger partial charge in [0.25, 0.3) is 0 Å². The molecule has 14 heteroatoms. The average Bonchev–Trinajstić information content (AvgIpc) is 3.93. The monoisotopic (exact) mass is 1060 g/mol. The van der Waals surface area contributed by atoms with Gasteiger partial charge in [0.05, 0.1) is 0 Å². The van der Waals surface area contributed by atoms with Gasteiger partial charge in [-0.15, -0.1) is 0 Å². The first kappa shape index (κ1) is 46.2. The van der Waals surface area contributed by atoms with E-state index in [1.165, 1.54) is 57.5 Å². The molecule has 0 N–H and O–H groups in total. The molecule has 61 heavy (non-hydrogen) atoms. The molecule has 0 bridgehead atoms. The van der Waals surface area contributed by atoms with E-state index in [1.807, 2.05) is 0 Å². The molecule has 0 atom stereocenters. The Morgan fingerprint density at radius 3 is 1.00 bits per heavy atom. The Kier molecular flexibility index (Phi) is 16.4. The van der Waals surface area contributed by atoms with E-state index in [-0.39, 0.29) is 33.7 Å². The van der Waals surface area contributed by atoms with E-state index in [9.17, 15) is 13.2 Å². The molecule has 6 aromatic carbocycles. The fourth-order valence-corrected chi connectivity index (χ4v) is 11.7. The zero-order valence-corrected chi connectivity index (χ0v) is 37.5. The maximum Gasteiger partial charge on any atom is 0.485 e. The van der Waals surface area contributed by atoms with E-state index in [0.717, 1.165) is 34.1 Å². The summed E-state index contributed by atoms with van der Waals surface area (Å²) in [6.07, 6.45) is 14.0. The topological polar surface area (TPSA) is 94.1 Å². The zero-order valence-electron chi connectivity index (χ0n) is 32.5. The third kappa shape index (κ3) is 11.4. The van der Waals surface area contributed by atoms with Crippen LogP contribution in [0.3, 0.4) is 0 Å². The standard InChI is InChI=1S/C38H28O4P2.C8H12.CHF3O3S.Ir/c1-5-13-27(14-6-1)43(28-15-7-2-8-16-28)33-23-21-31-37(41-25-39-31)35(33)36-34(24-22-32-38(36)42-26-40-32)44(29-17-9-3-10-18-29)30-19-11-4-12-20-30;1-2-4-6-8-7-5-3-1;2-1(3,4)8(5,6)7;/h1-24H,25-26H2;1-2,7-8H,3-6H2;(H,5,6,7);/p-1. The summed E-state index contributed by atoms with van der Waals surface area (Å²) in [5, 5.41) is 7.40. The minimum absolute atomic E-state index is 0. The van der Waals surface area contributed by atoms with Crippen LogP contribution >= 0.6 is 15.8 Å². The summed E-state index contributed by atoms with van der Waals surface area (Å²) >= 11 is 0. The van der Waals surface area contributed by atoms with Crippen molar-refractivity contribution < 1.29 is 65.2 Å². The summed E-state index contributed by atoms with van der Waals surface area (Å²) in [7, 11) is -8.03. The molecule has 6 aromatic rings. The molecule has 1 fully saturated rings. The van der Waals surface area contributed by atoms with Crippen molar-refractivity contribution in [1.29, 1.82) is 0 Å². The van der Waals surface area contributed by atoms with Gasteiger partial charge in [0, 0.05) is 31.2 Å². The van der Waals surface area contributed by atoms with Gasteiger partial charge in [-0.3, -0.25) is 0 Å². The molecule has 2 aliphatic heterocycles. The fraction of sp³-hybridized carbons (Fsp3) is 0.149. The van der Waals surface area contributed by atoms with Crippen molar-refractivity contribution in [2.24, 2.45) is 0 Å². The molecule has 0 unspecified atom stereocenters. The number of ether oxygens (including phenoxy) is 4. The van der Waals surface area contributed by atoms with E-state index in [0.29, 0.717) is 0 Å². The summed E-state index contributed by atoms with van der Waals surface area (Å²) in [6.45, 7) is 0.350. The second-order valence-corrected chi connectivity index (χ2v) is 19.1. The molecular weight excluding hydrogens is 1020 g/mol. The van der Waals surface area contributed by atoms with Crippen LogP contribution in [0.2, 0.25) is 0 Å².